The van der Waals surface area contributed by atoms with Crippen molar-refractivity contribution in [2.75, 3.05) is 0 Å². The summed E-state index contributed by atoms with van der Waals surface area (Å²) in [6.07, 6.45) is 0. The van der Waals surface area contributed by atoms with Gasteiger partial charge in [-0.05, 0) is 154 Å². The van der Waals surface area contributed by atoms with Gasteiger partial charge in [0.05, 0.1) is 44.5 Å². The second kappa shape index (κ2) is 28.7. The molecule has 2 spiro atoms. The van der Waals surface area contributed by atoms with Crippen LogP contribution in [0.15, 0.2) is 450 Å². The van der Waals surface area contributed by atoms with Gasteiger partial charge in [0.2, 0.25) is 0 Å². The van der Waals surface area contributed by atoms with E-state index in [1.165, 1.54) is 97.1 Å². The van der Waals surface area contributed by atoms with Crippen molar-refractivity contribution >= 4 is 101 Å². The summed E-state index contributed by atoms with van der Waals surface area (Å²) in [6.45, 7) is 0. The number of nitrogens with zero attached hydrogens (tertiary/aromatic N) is 4. The Morgan fingerprint density at radius 1 is 0.197 bits per heavy atom. The Balaban J connectivity index is 0.000000138. The van der Waals surface area contributed by atoms with E-state index in [9.17, 15) is 4.57 Å². The van der Waals surface area contributed by atoms with Crippen LogP contribution in [0.25, 0.3) is 144 Å². The van der Waals surface area contributed by atoms with E-state index in [1.807, 2.05) is 121 Å². The van der Waals surface area contributed by atoms with Crippen molar-refractivity contribution in [3.63, 3.8) is 0 Å². The summed E-state index contributed by atoms with van der Waals surface area (Å²) in [6, 6.07) is 154. The van der Waals surface area contributed by atoms with E-state index in [1.54, 1.807) is 0 Å². The zero-order valence-corrected chi connectivity index (χ0v) is 68.5. The van der Waals surface area contributed by atoms with E-state index in [0.717, 1.165) is 127 Å². The largest absolute Gasteiger partial charge is 0.309 e. The minimum absolute atomic E-state index is 0.439. The third kappa shape index (κ3) is 11.1. The molecule has 0 saturated heterocycles. The lowest BCUT2D eigenvalue weighted by molar-refractivity contribution is 0.592. The minimum Gasteiger partial charge on any atom is -0.309 e. The summed E-state index contributed by atoms with van der Waals surface area (Å²) >= 11 is 3.75. The molecule has 21 aromatic rings. The van der Waals surface area contributed by atoms with Gasteiger partial charge in [-0.1, -0.05) is 400 Å². The molecule has 0 amide bonds. The van der Waals surface area contributed by atoms with Crippen LogP contribution in [0.1, 0.15) is 44.5 Å². The molecule has 2 aliphatic carbocycles. The summed E-state index contributed by atoms with van der Waals surface area (Å²) in [4.78, 5) is 25.9. The standard InChI is InChI=1S/C58H35N3S.C56H36NOPS/c1-2-14-40(15-3-1)57-60-52-24-12-7-19-44(52)55(61-57)38-30-26-36(27-31-38)37-28-32-39(33-29-37)56-46-35-54-50(34-45(46)43-18-6-11-23-51(43)59-56)58(49-22-10-13-25-53(49)62-54)47-20-8-4-16-41(47)42-17-5-9-21-48(42)58;58-59(40-15-3-1-4-16-40,41-17-5-2-6-18-41)42-33-31-38(32-34-42)37-27-29-39(30-28-37)55-47-36-54-51(35-46(47)45-21-9-13-25-52(45)57-55)56(50-24-12-14-26-53(50)60-54)48-22-10-7-19-43(48)44-20-8-11-23-49(44)56/h1-35H;1-36H. The highest BCUT2D eigenvalue weighted by Crippen LogP contribution is 2.65. The van der Waals surface area contributed by atoms with Crippen molar-refractivity contribution in [1.29, 1.82) is 0 Å². The van der Waals surface area contributed by atoms with Crippen LogP contribution in [0.5, 0.6) is 0 Å². The second-order valence-corrected chi connectivity index (χ2v) is 36.9. The molecular formula is C114H71N4OPS2. The van der Waals surface area contributed by atoms with Gasteiger partial charge in [0, 0.05) is 84.7 Å². The molecule has 25 rings (SSSR count). The second-order valence-electron chi connectivity index (χ2n) is 32.0. The Kier molecular flexibility index (Phi) is 16.8. The number of hydrogen-bond donors (Lipinski definition) is 0. The fourth-order valence-corrected chi connectivity index (χ4v) is 25.2. The first-order valence-electron chi connectivity index (χ1n) is 41.5. The van der Waals surface area contributed by atoms with Gasteiger partial charge < -0.3 is 4.57 Å². The molecule has 122 heavy (non-hydrogen) atoms. The van der Waals surface area contributed by atoms with Crippen molar-refractivity contribution in [2.45, 2.75) is 30.4 Å². The molecule has 0 radical (unpaired) electrons. The summed E-state index contributed by atoms with van der Waals surface area (Å²) in [5, 5.41) is 10.6. The average molecular weight is 1610 g/mol. The maximum Gasteiger partial charge on any atom is 0.171 e. The highest BCUT2D eigenvalue weighted by molar-refractivity contribution is 7.99. The van der Waals surface area contributed by atoms with Crippen LogP contribution in [0.2, 0.25) is 0 Å². The molecule has 18 aromatic carbocycles. The van der Waals surface area contributed by atoms with E-state index in [0.29, 0.717) is 0 Å². The number of fused-ring (bicyclic) bond motifs is 25. The van der Waals surface area contributed by atoms with E-state index < -0.39 is 18.0 Å². The number of hydrogen-bond acceptors (Lipinski definition) is 7. The lowest BCUT2D eigenvalue weighted by atomic mass is 9.67. The van der Waals surface area contributed by atoms with E-state index in [-0.39, 0.29) is 0 Å². The van der Waals surface area contributed by atoms with Crippen molar-refractivity contribution < 1.29 is 4.57 Å². The predicted molar refractivity (Wildman–Crippen MR) is 506 cm³/mol. The molecular weight excluding hydrogens is 1540 g/mol. The molecule has 0 unspecified atom stereocenters. The van der Waals surface area contributed by atoms with Crippen LogP contribution < -0.4 is 15.9 Å². The van der Waals surface area contributed by atoms with Crippen molar-refractivity contribution in [1.82, 2.24) is 19.9 Å². The topological polar surface area (TPSA) is 68.6 Å². The van der Waals surface area contributed by atoms with E-state index >= 15 is 0 Å². The van der Waals surface area contributed by atoms with Gasteiger partial charge in [0.15, 0.2) is 13.0 Å². The van der Waals surface area contributed by atoms with Crippen LogP contribution in [0, 0.1) is 0 Å². The summed E-state index contributed by atoms with van der Waals surface area (Å²) in [5.41, 5.74) is 29.5. The molecule has 4 aliphatic rings. The Hall–Kier alpha value is -14.4. The van der Waals surface area contributed by atoms with Crippen LogP contribution in [0.4, 0.5) is 0 Å². The fourth-order valence-electron chi connectivity index (χ4n) is 20.1. The smallest absolute Gasteiger partial charge is 0.171 e. The first-order chi connectivity index (χ1) is 60.3. The maximum absolute atomic E-state index is 15.0. The third-order valence-corrected chi connectivity index (χ3v) is 30.9. The Morgan fingerprint density at radius 2 is 0.492 bits per heavy atom. The molecule has 570 valence electrons. The summed E-state index contributed by atoms with van der Waals surface area (Å²) in [5.74, 6) is 0.728. The number of aromatic nitrogens is 4. The van der Waals surface area contributed by atoms with Crippen molar-refractivity contribution in [3.05, 3.63) is 475 Å². The third-order valence-electron chi connectivity index (χ3n) is 25.6. The normalized spacial score (nSPS) is 13.3. The molecule has 0 bridgehead atoms. The first kappa shape index (κ1) is 71.7. The van der Waals surface area contributed by atoms with Gasteiger partial charge in [0.1, 0.15) is 0 Å². The zero-order chi connectivity index (χ0) is 80.6. The molecule has 8 heteroatoms. The Labute approximate surface area is 715 Å². The molecule has 0 N–H and O–H groups in total. The van der Waals surface area contributed by atoms with Crippen LogP contribution in [-0.4, -0.2) is 19.9 Å². The monoisotopic (exact) mass is 1610 g/mol. The maximum atomic E-state index is 15.0. The van der Waals surface area contributed by atoms with Gasteiger partial charge in [-0.2, -0.15) is 0 Å². The van der Waals surface area contributed by atoms with Gasteiger partial charge in [-0.15, -0.1) is 0 Å². The summed E-state index contributed by atoms with van der Waals surface area (Å²) in [7, 11) is -3.06. The van der Waals surface area contributed by atoms with Crippen molar-refractivity contribution in [3.8, 4) is 89.7 Å². The number of benzene rings is 18. The average Bonchev–Trinajstić information content (AvgIpc) is 1.51. The Morgan fingerprint density at radius 3 is 0.893 bits per heavy atom. The van der Waals surface area contributed by atoms with Crippen molar-refractivity contribution in [2.24, 2.45) is 0 Å². The van der Waals surface area contributed by atoms with Crippen LogP contribution in [0.3, 0.4) is 0 Å². The zero-order valence-electron chi connectivity index (χ0n) is 66.0. The van der Waals surface area contributed by atoms with Gasteiger partial charge in [0.25, 0.3) is 0 Å². The van der Waals surface area contributed by atoms with Crippen LogP contribution in [-0.2, 0) is 15.4 Å². The number of rotatable bonds is 9. The van der Waals surface area contributed by atoms with Gasteiger partial charge in [-0.3, -0.25) is 0 Å². The molecule has 0 fully saturated rings. The first-order valence-corrected chi connectivity index (χ1v) is 44.8. The van der Waals surface area contributed by atoms with E-state index in [4.69, 9.17) is 19.9 Å². The SMILES string of the molecule is O=P(c1ccccc1)(c1ccccc1)c1ccc(-c2ccc(-c3nc4ccccc4c4cc5c(cc34)Sc3ccccc3C53c4ccccc4-c4ccccc43)cc2)cc1.c1ccc(-c2nc(-c3ccc(-c4ccc(-c5nc6ccccc6c6cc7c(cc56)Sc5ccccc5C75c6ccccc6-c6ccccc65)cc4)cc3)c3ccccc3n2)cc1. The predicted octanol–water partition coefficient (Wildman–Crippen LogP) is 28.0. The molecule has 5 nitrogen and oxygen atoms in total. The van der Waals surface area contributed by atoms with Gasteiger partial charge >= 0.3 is 0 Å². The fraction of sp³-hybridized carbons (Fsp3) is 0.0175. The summed E-state index contributed by atoms with van der Waals surface area (Å²) < 4.78 is 15.0. The molecule has 0 saturated carbocycles. The highest BCUT2D eigenvalue weighted by Gasteiger charge is 2.52. The lowest BCUT2D eigenvalue weighted by Gasteiger charge is -2.40. The molecule has 2 aliphatic heterocycles. The Bertz CT molecular complexity index is 7760. The van der Waals surface area contributed by atoms with E-state index in [2.05, 4.69) is 334 Å². The molecule has 3 aromatic heterocycles. The lowest BCUT2D eigenvalue weighted by Crippen LogP contribution is -2.32. The molecule has 5 heterocycles. The number of para-hydroxylation sites is 3. The number of pyridine rings is 2. The van der Waals surface area contributed by atoms with Crippen LogP contribution >= 0.6 is 30.7 Å². The van der Waals surface area contributed by atoms with Gasteiger partial charge in [-0.25, -0.2) is 19.9 Å². The molecule has 0 atom stereocenters. The quantitative estimate of drug-likeness (QED) is 0.105. The minimum atomic E-state index is -3.06. The highest BCUT2D eigenvalue weighted by atomic mass is 32.2.